The fourth-order valence-electron chi connectivity index (χ4n) is 6.62. The van der Waals surface area contributed by atoms with Gasteiger partial charge in [0.05, 0.1) is 15.9 Å². The van der Waals surface area contributed by atoms with E-state index in [-0.39, 0.29) is 22.0 Å². The molecule has 7 rings (SSSR count). The second-order valence-electron chi connectivity index (χ2n) is 16.6. The molecule has 3 nitrogen and oxygen atoms in total. The highest BCUT2D eigenvalue weighted by Crippen LogP contribution is 2.44. The Hall–Kier alpha value is -4.80. The van der Waals surface area contributed by atoms with Crippen molar-refractivity contribution in [2.45, 2.75) is 78.6 Å². The number of nitrogens with zero attached hydrogens (tertiary/aromatic N) is 2. The summed E-state index contributed by atoms with van der Waals surface area (Å²) in [5.74, 6) is 0.283. The average Bonchev–Trinajstić information content (AvgIpc) is 3.50. The van der Waals surface area contributed by atoms with Crippen LogP contribution in [-0.4, -0.2) is 16.3 Å². The molecule has 0 fully saturated rings. The van der Waals surface area contributed by atoms with Gasteiger partial charge in [-0.15, -0.1) is 11.3 Å². The van der Waals surface area contributed by atoms with Gasteiger partial charge in [0.15, 0.2) is 0 Å². The van der Waals surface area contributed by atoms with Gasteiger partial charge < -0.3 is 5.11 Å². The van der Waals surface area contributed by atoms with Crippen LogP contribution in [0.4, 0.5) is 5.69 Å². The maximum Gasteiger partial charge on any atom is 0.128 e. The number of benzene rings is 6. The van der Waals surface area contributed by atoms with Crippen LogP contribution in [0.3, 0.4) is 0 Å². The summed E-state index contributed by atoms with van der Waals surface area (Å²) in [4.78, 5) is 10.6. The van der Waals surface area contributed by atoms with Crippen LogP contribution < -0.4 is 0 Å². The number of phenols is 1. The molecule has 4 heteroatoms. The van der Waals surface area contributed by atoms with Gasteiger partial charge >= 0.3 is 0 Å². The molecule has 50 heavy (non-hydrogen) atoms. The molecule has 0 aliphatic heterocycles. The first-order valence-corrected chi connectivity index (χ1v) is 18.3. The van der Waals surface area contributed by atoms with Gasteiger partial charge in [0, 0.05) is 33.9 Å². The SMILES string of the molecule is CC(C)(C)c1cc(C=Nc2c(-c3nc4c(-c5ccc6ccccc6c5)cc(C(C)(C)C)cc4s3)ccc3ccccc23)c(O)c(C(C)(C)C)c1. The van der Waals surface area contributed by atoms with E-state index in [0.29, 0.717) is 0 Å². The smallest absolute Gasteiger partial charge is 0.128 e. The van der Waals surface area contributed by atoms with E-state index in [1.807, 2.05) is 6.21 Å². The van der Waals surface area contributed by atoms with Gasteiger partial charge in [-0.3, -0.25) is 4.99 Å². The number of phenolic OH excluding ortho intramolecular Hbond substituents is 1. The van der Waals surface area contributed by atoms with Crippen molar-refractivity contribution >= 4 is 55.0 Å². The molecular formula is C46H46N2OS. The normalized spacial score (nSPS) is 12.9. The van der Waals surface area contributed by atoms with Crippen LogP contribution in [0.1, 0.15) is 84.6 Å². The van der Waals surface area contributed by atoms with E-state index in [2.05, 4.69) is 165 Å². The highest BCUT2D eigenvalue weighted by molar-refractivity contribution is 7.21. The number of fused-ring (bicyclic) bond motifs is 3. The average molecular weight is 675 g/mol. The Labute approximate surface area is 300 Å². The predicted molar refractivity (Wildman–Crippen MR) is 217 cm³/mol. The summed E-state index contributed by atoms with van der Waals surface area (Å²) < 4.78 is 1.16. The lowest BCUT2D eigenvalue weighted by Gasteiger charge is -2.27. The van der Waals surface area contributed by atoms with Crippen molar-refractivity contribution < 1.29 is 5.11 Å². The Balaban J connectivity index is 1.44. The second-order valence-corrected chi connectivity index (χ2v) is 17.6. The van der Waals surface area contributed by atoms with Crippen molar-refractivity contribution in [3.63, 3.8) is 0 Å². The standard InChI is InChI=1S/C46H46N2OS/c1-44(2,3)33-23-32(42(49)38(25-33)46(7,8)9)27-47-40-35-17-13-12-15-29(35)20-21-36(40)43-48-41-37(24-34(45(4,5)6)26-39(41)50-43)31-19-18-28-14-10-11-16-30(28)22-31/h10-27,49H,1-9H3. The second kappa shape index (κ2) is 12.2. The summed E-state index contributed by atoms with van der Waals surface area (Å²) in [5, 5.41) is 17.1. The zero-order valence-electron chi connectivity index (χ0n) is 30.6. The van der Waals surface area contributed by atoms with Crippen molar-refractivity contribution in [1.29, 1.82) is 0 Å². The number of aromatic hydroxyl groups is 1. The topological polar surface area (TPSA) is 45.5 Å². The predicted octanol–water partition coefficient (Wildman–Crippen LogP) is 13.3. The van der Waals surface area contributed by atoms with Gasteiger partial charge in [0.2, 0.25) is 0 Å². The third-order valence-corrected chi connectivity index (χ3v) is 10.7. The van der Waals surface area contributed by atoms with Gasteiger partial charge in [0.25, 0.3) is 0 Å². The summed E-state index contributed by atoms with van der Waals surface area (Å²) in [5.41, 5.74) is 8.89. The molecule has 0 radical (unpaired) electrons. The Morgan fingerprint density at radius 1 is 0.620 bits per heavy atom. The van der Waals surface area contributed by atoms with Gasteiger partial charge in [-0.2, -0.15) is 0 Å². The minimum absolute atomic E-state index is 0.0299. The summed E-state index contributed by atoms with van der Waals surface area (Å²) in [6, 6.07) is 36.8. The van der Waals surface area contributed by atoms with Crippen LogP contribution in [0.2, 0.25) is 0 Å². The first kappa shape index (κ1) is 33.7. The molecule has 0 saturated heterocycles. The first-order valence-electron chi connectivity index (χ1n) is 17.5. The zero-order chi connectivity index (χ0) is 35.6. The molecule has 0 aliphatic carbocycles. The molecule has 0 unspecified atom stereocenters. The number of rotatable bonds is 4. The van der Waals surface area contributed by atoms with E-state index >= 15 is 0 Å². The Kier molecular flexibility index (Phi) is 8.22. The molecule has 0 amide bonds. The number of hydrogen-bond donors (Lipinski definition) is 1. The largest absolute Gasteiger partial charge is 0.507 e. The van der Waals surface area contributed by atoms with Gasteiger partial charge in [-0.25, -0.2) is 4.98 Å². The van der Waals surface area contributed by atoms with Crippen molar-refractivity contribution in [1.82, 2.24) is 4.98 Å². The molecule has 0 atom stereocenters. The van der Waals surface area contributed by atoms with Crippen molar-refractivity contribution in [2.24, 2.45) is 4.99 Å². The van der Waals surface area contributed by atoms with E-state index in [4.69, 9.17) is 9.98 Å². The minimum atomic E-state index is -0.228. The minimum Gasteiger partial charge on any atom is -0.507 e. The van der Waals surface area contributed by atoms with Gasteiger partial charge in [-0.1, -0.05) is 135 Å². The molecule has 7 aromatic rings. The molecule has 0 bridgehead atoms. The molecule has 1 N–H and O–H groups in total. The summed E-state index contributed by atoms with van der Waals surface area (Å²) in [6.07, 6.45) is 1.84. The maximum absolute atomic E-state index is 11.6. The molecular weight excluding hydrogens is 629 g/mol. The van der Waals surface area contributed by atoms with Crippen LogP contribution in [0.5, 0.6) is 5.75 Å². The maximum atomic E-state index is 11.6. The van der Waals surface area contributed by atoms with E-state index in [0.717, 1.165) is 59.5 Å². The number of aromatic nitrogens is 1. The summed E-state index contributed by atoms with van der Waals surface area (Å²) >= 11 is 1.72. The lowest BCUT2D eigenvalue weighted by atomic mass is 9.79. The van der Waals surface area contributed by atoms with Crippen LogP contribution in [0.25, 0.3) is 53.5 Å². The monoisotopic (exact) mass is 674 g/mol. The van der Waals surface area contributed by atoms with Gasteiger partial charge in [-0.05, 0) is 79.4 Å². The lowest BCUT2D eigenvalue weighted by Crippen LogP contribution is -2.17. The van der Waals surface area contributed by atoms with Crippen molar-refractivity contribution in [3.05, 3.63) is 125 Å². The number of thiazole rings is 1. The van der Waals surface area contributed by atoms with E-state index in [1.54, 1.807) is 11.3 Å². The molecule has 1 aromatic heterocycles. The molecule has 0 aliphatic rings. The zero-order valence-corrected chi connectivity index (χ0v) is 31.5. The number of aliphatic imine (C=N–C) groups is 1. The summed E-state index contributed by atoms with van der Waals surface area (Å²) in [7, 11) is 0. The molecule has 1 heterocycles. The highest BCUT2D eigenvalue weighted by Gasteiger charge is 2.25. The molecule has 0 spiro atoms. The van der Waals surface area contributed by atoms with Crippen molar-refractivity contribution in [2.75, 3.05) is 0 Å². The summed E-state index contributed by atoms with van der Waals surface area (Å²) in [6.45, 7) is 19.9. The van der Waals surface area contributed by atoms with Crippen LogP contribution in [0.15, 0.2) is 108 Å². The molecule has 252 valence electrons. The Bertz CT molecular complexity index is 2440. The molecule has 6 aromatic carbocycles. The van der Waals surface area contributed by atoms with Crippen LogP contribution in [0, 0.1) is 0 Å². The van der Waals surface area contributed by atoms with E-state index < -0.39 is 0 Å². The third-order valence-electron chi connectivity index (χ3n) is 9.70. The Morgan fingerprint density at radius 3 is 1.96 bits per heavy atom. The van der Waals surface area contributed by atoms with E-state index in [9.17, 15) is 5.11 Å². The molecule has 0 saturated carbocycles. The van der Waals surface area contributed by atoms with Crippen molar-refractivity contribution in [3.8, 4) is 27.4 Å². The fourth-order valence-corrected chi connectivity index (χ4v) is 7.67. The third kappa shape index (κ3) is 6.33. The fraction of sp³-hybridized carbons (Fsp3) is 0.261. The first-order chi connectivity index (χ1) is 23.6. The van der Waals surface area contributed by atoms with Crippen LogP contribution >= 0.6 is 11.3 Å². The van der Waals surface area contributed by atoms with E-state index in [1.165, 1.54) is 21.9 Å². The Morgan fingerprint density at radius 2 is 1.26 bits per heavy atom. The van der Waals surface area contributed by atoms with Crippen LogP contribution in [-0.2, 0) is 16.2 Å². The van der Waals surface area contributed by atoms with Gasteiger partial charge in [0.1, 0.15) is 10.8 Å². The quantitative estimate of drug-likeness (QED) is 0.189. The lowest BCUT2D eigenvalue weighted by molar-refractivity contribution is 0.444. The highest BCUT2D eigenvalue weighted by atomic mass is 32.1. The number of hydrogen-bond acceptors (Lipinski definition) is 4.